The molecule has 0 aliphatic heterocycles. The van der Waals surface area contributed by atoms with Crippen LogP contribution in [-0.2, 0) is 6.54 Å². The predicted molar refractivity (Wildman–Crippen MR) is 105 cm³/mol. The Labute approximate surface area is 157 Å². The van der Waals surface area contributed by atoms with Gasteiger partial charge in [0.1, 0.15) is 11.5 Å². The Morgan fingerprint density at radius 1 is 1.37 bits per heavy atom. The number of nitrogens with one attached hydrogen (secondary N) is 1. The van der Waals surface area contributed by atoms with E-state index in [4.69, 9.17) is 11.2 Å². The monoisotopic (exact) mass is 361 g/mol. The highest BCUT2D eigenvalue weighted by Crippen LogP contribution is 2.25. The van der Waals surface area contributed by atoms with Gasteiger partial charge < -0.3 is 14.4 Å². The Hall–Kier alpha value is -3.72. The second-order valence-corrected chi connectivity index (χ2v) is 5.89. The van der Waals surface area contributed by atoms with E-state index in [0.717, 1.165) is 22.2 Å². The number of aromatic hydroxyl groups is 1. The van der Waals surface area contributed by atoms with Crippen molar-refractivity contribution in [1.29, 1.82) is 0 Å². The summed E-state index contributed by atoms with van der Waals surface area (Å²) in [5, 5.41) is 15.0. The number of para-hydroxylation sites is 1. The van der Waals surface area contributed by atoms with Gasteiger partial charge in [0, 0.05) is 28.2 Å². The van der Waals surface area contributed by atoms with Gasteiger partial charge in [-0.2, -0.15) is 5.10 Å². The molecule has 1 heterocycles. The number of amides is 1. The zero-order valence-electron chi connectivity index (χ0n) is 15.1. The molecule has 0 saturated carbocycles. The Kier molecular flexibility index (Phi) is 5.13. The molecule has 1 aromatic heterocycles. The quantitative estimate of drug-likeness (QED) is 0.417. The van der Waals surface area contributed by atoms with Crippen LogP contribution in [-0.4, -0.2) is 28.9 Å². The number of hydrogen-bond donors (Lipinski definition) is 2. The van der Waals surface area contributed by atoms with E-state index in [1.54, 1.807) is 12.3 Å². The van der Waals surface area contributed by atoms with Gasteiger partial charge in [-0.1, -0.05) is 24.1 Å². The van der Waals surface area contributed by atoms with E-state index in [2.05, 4.69) is 16.4 Å². The summed E-state index contributed by atoms with van der Waals surface area (Å²) >= 11 is 0. The number of methoxy groups -OCH3 is 1. The first-order valence-corrected chi connectivity index (χ1v) is 8.28. The number of rotatable bonds is 5. The average Bonchev–Trinajstić information content (AvgIpc) is 2.94. The minimum absolute atomic E-state index is 0.111. The van der Waals surface area contributed by atoms with E-state index in [9.17, 15) is 9.90 Å². The summed E-state index contributed by atoms with van der Waals surface area (Å²) in [6.07, 6.45) is 7.06. The molecule has 0 unspecified atom stereocenters. The van der Waals surface area contributed by atoms with Crippen LogP contribution in [0.25, 0.3) is 10.9 Å². The maximum absolute atomic E-state index is 12.3. The van der Waals surface area contributed by atoms with Crippen molar-refractivity contribution in [2.45, 2.75) is 13.5 Å². The molecular weight excluding hydrogens is 342 g/mol. The third-order valence-corrected chi connectivity index (χ3v) is 4.34. The molecule has 0 aliphatic carbocycles. The molecule has 3 rings (SSSR count). The second kappa shape index (κ2) is 7.67. The fourth-order valence-corrected chi connectivity index (χ4v) is 2.96. The van der Waals surface area contributed by atoms with Crippen molar-refractivity contribution in [2.24, 2.45) is 5.10 Å². The van der Waals surface area contributed by atoms with Crippen molar-refractivity contribution in [2.75, 3.05) is 7.11 Å². The second-order valence-electron chi connectivity index (χ2n) is 5.89. The summed E-state index contributed by atoms with van der Waals surface area (Å²) in [4.78, 5) is 12.3. The van der Waals surface area contributed by atoms with Gasteiger partial charge in [-0.15, -0.1) is 6.42 Å². The number of carbonyl (C=O) groups excluding carboxylic acids is 1. The number of aromatic nitrogens is 1. The van der Waals surface area contributed by atoms with Crippen LogP contribution in [0, 0.1) is 19.3 Å². The van der Waals surface area contributed by atoms with Gasteiger partial charge in [-0.3, -0.25) is 4.79 Å². The molecule has 136 valence electrons. The van der Waals surface area contributed by atoms with Crippen molar-refractivity contribution >= 4 is 23.0 Å². The van der Waals surface area contributed by atoms with Crippen molar-refractivity contribution in [3.63, 3.8) is 0 Å². The number of fused-ring (bicyclic) bond motifs is 1. The number of ether oxygens (including phenoxy) is 1. The normalized spacial score (nSPS) is 10.9. The molecular formula is C21H19N3O3. The van der Waals surface area contributed by atoms with Crippen LogP contribution >= 0.6 is 0 Å². The first kappa shape index (κ1) is 18.1. The lowest BCUT2D eigenvalue weighted by molar-refractivity contribution is 0.0952. The minimum Gasteiger partial charge on any atom is -0.507 e. The number of phenols is 1. The lowest BCUT2D eigenvalue weighted by Crippen LogP contribution is -2.17. The Morgan fingerprint density at radius 2 is 2.15 bits per heavy atom. The van der Waals surface area contributed by atoms with Crippen LogP contribution in [0.15, 0.2) is 47.6 Å². The third-order valence-electron chi connectivity index (χ3n) is 4.34. The van der Waals surface area contributed by atoms with Crippen molar-refractivity contribution in [1.82, 2.24) is 9.99 Å². The van der Waals surface area contributed by atoms with Gasteiger partial charge in [0.15, 0.2) is 0 Å². The SMILES string of the molecule is C#CCn1c(C)c(/C=N\NC(=O)c2ccc(OC)cc2O)c2ccccc21. The summed E-state index contributed by atoms with van der Waals surface area (Å²) < 4.78 is 7.03. The number of benzene rings is 2. The van der Waals surface area contributed by atoms with Crippen LogP contribution in [0.3, 0.4) is 0 Å². The van der Waals surface area contributed by atoms with Crippen molar-refractivity contribution in [3.05, 3.63) is 59.3 Å². The molecule has 0 radical (unpaired) electrons. The zero-order valence-corrected chi connectivity index (χ0v) is 15.1. The van der Waals surface area contributed by atoms with E-state index in [1.165, 1.54) is 19.2 Å². The Balaban J connectivity index is 1.86. The first-order valence-electron chi connectivity index (χ1n) is 8.28. The topological polar surface area (TPSA) is 75.9 Å². The van der Waals surface area contributed by atoms with E-state index >= 15 is 0 Å². The summed E-state index contributed by atoms with van der Waals surface area (Å²) in [5.41, 5.74) is 5.39. The van der Waals surface area contributed by atoms with Crippen LogP contribution in [0.2, 0.25) is 0 Å². The van der Waals surface area contributed by atoms with Gasteiger partial charge in [-0.05, 0) is 25.1 Å². The van der Waals surface area contributed by atoms with E-state index in [0.29, 0.717) is 12.3 Å². The number of terminal acetylenes is 1. The largest absolute Gasteiger partial charge is 0.507 e. The molecule has 0 bridgehead atoms. The lowest BCUT2D eigenvalue weighted by Gasteiger charge is -2.05. The standard InChI is InChI=1S/C21H19N3O3/c1-4-11-24-14(2)18(16-7-5-6-8-19(16)24)13-22-23-21(26)17-10-9-15(27-3)12-20(17)25/h1,5-10,12-13,25H,11H2,2-3H3,(H,23,26)/b22-13-. The average molecular weight is 361 g/mol. The fraction of sp³-hybridized carbons (Fsp3) is 0.143. The number of hydrazone groups is 1. The molecule has 0 saturated heterocycles. The predicted octanol–water partition coefficient (Wildman–Crippen LogP) is 3.06. The minimum atomic E-state index is -0.517. The molecule has 0 atom stereocenters. The van der Waals surface area contributed by atoms with Crippen LogP contribution < -0.4 is 10.2 Å². The maximum Gasteiger partial charge on any atom is 0.275 e. The molecule has 0 spiro atoms. The van der Waals surface area contributed by atoms with Crippen molar-refractivity contribution < 1.29 is 14.6 Å². The lowest BCUT2D eigenvalue weighted by atomic mass is 10.1. The Morgan fingerprint density at radius 3 is 2.85 bits per heavy atom. The molecule has 2 aromatic carbocycles. The van der Waals surface area contributed by atoms with Crippen molar-refractivity contribution in [3.8, 4) is 23.8 Å². The number of hydrogen-bond acceptors (Lipinski definition) is 4. The molecule has 2 N–H and O–H groups in total. The van der Waals surface area contributed by atoms with Gasteiger partial charge >= 0.3 is 0 Å². The van der Waals surface area contributed by atoms with Gasteiger partial charge in [0.05, 0.1) is 25.4 Å². The fourth-order valence-electron chi connectivity index (χ4n) is 2.96. The Bertz CT molecular complexity index is 1070. The van der Waals surface area contributed by atoms with Gasteiger partial charge in [0.25, 0.3) is 5.91 Å². The number of nitrogens with zero attached hydrogens (tertiary/aromatic N) is 2. The maximum atomic E-state index is 12.3. The highest BCUT2D eigenvalue weighted by molar-refractivity contribution is 6.02. The molecule has 3 aromatic rings. The van der Waals surface area contributed by atoms with Gasteiger partial charge in [0.2, 0.25) is 0 Å². The third kappa shape index (κ3) is 3.48. The smallest absolute Gasteiger partial charge is 0.275 e. The zero-order chi connectivity index (χ0) is 19.4. The van der Waals surface area contributed by atoms with E-state index in [-0.39, 0.29) is 11.3 Å². The number of carbonyl (C=O) groups is 1. The highest BCUT2D eigenvalue weighted by Gasteiger charge is 2.13. The summed E-state index contributed by atoms with van der Waals surface area (Å²) in [5.74, 6) is 2.42. The first-order chi connectivity index (χ1) is 13.1. The van der Waals surface area contributed by atoms with Crippen LogP contribution in [0.5, 0.6) is 11.5 Å². The molecule has 6 heteroatoms. The summed E-state index contributed by atoms with van der Waals surface area (Å²) in [6.45, 7) is 2.40. The molecule has 6 nitrogen and oxygen atoms in total. The number of phenolic OH excluding ortho intramolecular Hbond substituents is 1. The van der Waals surface area contributed by atoms with E-state index in [1.807, 2.05) is 35.8 Å². The molecule has 27 heavy (non-hydrogen) atoms. The summed E-state index contributed by atoms with van der Waals surface area (Å²) in [6, 6.07) is 12.3. The van der Waals surface area contributed by atoms with Gasteiger partial charge in [-0.25, -0.2) is 5.43 Å². The van der Waals surface area contributed by atoms with Crippen LogP contribution in [0.1, 0.15) is 21.6 Å². The summed E-state index contributed by atoms with van der Waals surface area (Å²) in [7, 11) is 1.48. The molecule has 0 fully saturated rings. The van der Waals surface area contributed by atoms with E-state index < -0.39 is 5.91 Å². The highest BCUT2D eigenvalue weighted by atomic mass is 16.5. The molecule has 1 amide bonds. The molecule has 0 aliphatic rings. The van der Waals surface area contributed by atoms with Crippen LogP contribution in [0.4, 0.5) is 0 Å².